The quantitative estimate of drug-likeness (QED) is 0.278. The second-order valence-corrected chi connectivity index (χ2v) is 6.68. The molecule has 31 heavy (non-hydrogen) atoms. The van der Waals surface area contributed by atoms with Crippen LogP contribution in [0.25, 0.3) is 5.69 Å². The van der Waals surface area contributed by atoms with Crippen LogP contribution in [0.1, 0.15) is 5.69 Å². The van der Waals surface area contributed by atoms with Crippen molar-refractivity contribution in [2.24, 2.45) is 0 Å². The van der Waals surface area contributed by atoms with Gasteiger partial charge in [-0.2, -0.15) is 0 Å². The third kappa shape index (κ3) is 4.45. The first-order valence-electron chi connectivity index (χ1n) is 9.64. The Morgan fingerprint density at radius 1 is 0.903 bits per heavy atom. The van der Waals surface area contributed by atoms with E-state index in [4.69, 9.17) is 5.41 Å². The Balaban J connectivity index is 1.74. The summed E-state index contributed by atoms with van der Waals surface area (Å²) in [5.74, 6) is 0.994. The average Bonchev–Trinajstić information content (AvgIpc) is 3.13. The number of hydrogen-bond acceptors (Lipinski definition) is 5. The topological polar surface area (TPSA) is 77.8 Å². The van der Waals surface area contributed by atoms with Gasteiger partial charge in [0.2, 0.25) is 5.95 Å². The standard InChI is InChI=1S/C24H21FN6/c1-17(27-18-10-4-2-5-11-18)28-23-22(16-26)30-24(29-21-15-9-8-14-20(21)25)31(23)19-12-6-3-7-13-19/h2-16,26-28H,1H2,(H,29,30). The fourth-order valence-electron chi connectivity index (χ4n) is 3.12. The van der Waals surface area contributed by atoms with Gasteiger partial charge in [0, 0.05) is 11.9 Å². The Hall–Kier alpha value is -4.39. The van der Waals surface area contributed by atoms with Gasteiger partial charge in [-0.15, -0.1) is 0 Å². The molecule has 1 aromatic heterocycles. The molecule has 0 saturated heterocycles. The number of para-hydroxylation sites is 3. The van der Waals surface area contributed by atoms with E-state index >= 15 is 0 Å². The van der Waals surface area contributed by atoms with Gasteiger partial charge in [0.15, 0.2) is 0 Å². The molecule has 4 N–H and O–H groups in total. The van der Waals surface area contributed by atoms with Gasteiger partial charge >= 0.3 is 0 Å². The summed E-state index contributed by atoms with van der Waals surface area (Å²) >= 11 is 0. The molecule has 3 aromatic carbocycles. The molecule has 0 radical (unpaired) electrons. The summed E-state index contributed by atoms with van der Waals surface area (Å²) in [6, 6.07) is 25.5. The summed E-state index contributed by atoms with van der Waals surface area (Å²) in [5, 5.41) is 17.3. The van der Waals surface area contributed by atoms with Crippen LogP contribution in [0.15, 0.2) is 97.3 Å². The number of hydrogen-bond donors (Lipinski definition) is 4. The largest absolute Gasteiger partial charge is 0.342 e. The van der Waals surface area contributed by atoms with E-state index in [1.807, 2.05) is 60.7 Å². The predicted molar refractivity (Wildman–Crippen MR) is 124 cm³/mol. The monoisotopic (exact) mass is 412 g/mol. The molecule has 0 aliphatic heterocycles. The zero-order valence-corrected chi connectivity index (χ0v) is 16.6. The van der Waals surface area contributed by atoms with Crippen LogP contribution in [0.3, 0.4) is 0 Å². The van der Waals surface area contributed by atoms with Crippen LogP contribution in [0.4, 0.5) is 27.5 Å². The fourth-order valence-corrected chi connectivity index (χ4v) is 3.12. The first-order valence-corrected chi connectivity index (χ1v) is 9.64. The van der Waals surface area contributed by atoms with Crippen LogP contribution in [-0.4, -0.2) is 15.8 Å². The molecular formula is C24H21FN6. The molecular weight excluding hydrogens is 391 g/mol. The molecule has 7 heteroatoms. The van der Waals surface area contributed by atoms with E-state index in [9.17, 15) is 4.39 Å². The number of nitrogens with zero attached hydrogens (tertiary/aromatic N) is 2. The number of aromatic nitrogens is 2. The lowest BCUT2D eigenvalue weighted by atomic mass is 10.3. The molecule has 0 bridgehead atoms. The van der Waals surface area contributed by atoms with Crippen LogP contribution in [0.2, 0.25) is 0 Å². The van der Waals surface area contributed by atoms with Crippen molar-refractivity contribution >= 4 is 29.4 Å². The number of benzene rings is 3. The zero-order valence-electron chi connectivity index (χ0n) is 16.6. The maximum absolute atomic E-state index is 14.3. The fraction of sp³-hybridized carbons (Fsp3) is 0. The van der Waals surface area contributed by atoms with Crippen LogP contribution in [-0.2, 0) is 0 Å². The number of anilines is 4. The Morgan fingerprint density at radius 2 is 1.55 bits per heavy atom. The molecule has 4 aromatic rings. The predicted octanol–water partition coefficient (Wildman–Crippen LogP) is 5.75. The van der Waals surface area contributed by atoms with Crippen molar-refractivity contribution < 1.29 is 4.39 Å². The lowest BCUT2D eigenvalue weighted by Crippen LogP contribution is -2.13. The molecule has 6 nitrogen and oxygen atoms in total. The van der Waals surface area contributed by atoms with E-state index in [0.717, 1.165) is 17.6 Å². The lowest BCUT2D eigenvalue weighted by Gasteiger charge is -2.17. The van der Waals surface area contributed by atoms with Crippen LogP contribution in [0.5, 0.6) is 0 Å². The first-order chi connectivity index (χ1) is 15.2. The van der Waals surface area contributed by atoms with Crippen molar-refractivity contribution in [1.29, 1.82) is 5.41 Å². The van der Waals surface area contributed by atoms with Gasteiger partial charge in [0.1, 0.15) is 23.1 Å². The zero-order chi connectivity index (χ0) is 21.6. The highest BCUT2D eigenvalue weighted by molar-refractivity contribution is 5.85. The van der Waals surface area contributed by atoms with Crippen molar-refractivity contribution in [2.75, 3.05) is 16.0 Å². The van der Waals surface area contributed by atoms with Crippen LogP contribution >= 0.6 is 0 Å². The minimum atomic E-state index is -0.397. The molecule has 0 atom stereocenters. The van der Waals surface area contributed by atoms with Gasteiger partial charge in [-0.1, -0.05) is 55.1 Å². The molecule has 0 saturated carbocycles. The van der Waals surface area contributed by atoms with E-state index < -0.39 is 5.82 Å². The van der Waals surface area contributed by atoms with Crippen LogP contribution < -0.4 is 16.0 Å². The molecule has 0 aliphatic rings. The van der Waals surface area contributed by atoms with Crippen molar-refractivity contribution in [2.45, 2.75) is 0 Å². The number of rotatable bonds is 8. The highest BCUT2D eigenvalue weighted by Gasteiger charge is 2.19. The molecule has 0 fully saturated rings. The first kappa shape index (κ1) is 19.9. The van der Waals surface area contributed by atoms with Gasteiger partial charge < -0.3 is 21.4 Å². The Kier molecular flexibility index (Phi) is 5.75. The second-order valence-electron chi connectivity index (χ2n) is 6.68. The van der Waals surface area contributed by atoms with Crippen molar-refractivity contribution in [3.8, 4) is 5.69 Å². The normalized spacial score (nSPS) is 10.4. The Bertz CT molecular complexity index is 1200. The van der Waals surface area contributed by atoms with Crippen molar-refractivity contribution in [3.63, 3.8) is 0 Å². The van der Waals surface area contributed by atoms with Gasteiger partial charge in [-0.05, 0) is 36.4 Å². The maximum atomic E-state index is 14.3. The average molecular weight is 412 g/mol. The lowest BCUT2D eigenvalue weighted by molar-refractivity contribution is 0.631. The summed E-state index contributed by atoms with van der Waals surface area (Å²) in [7, 11) is 0. The molecule has 154 valence electrons. The van der Waals surface area contributed by atoms with E-state index in [1.165, 1.54) is 6.07 Å². The third-order valence-corrected chi connectivity index (χ3v) is 4.51. The smallest absolute Gasteiger partial charge is 0.214 e. The maximum Gasteiger partial charge on any atom is 0.214 e. The van der Waals surface area contributed by atoms with Crippen molar-refractivity contribution in [3.05, 3.63) is 109 Å². The number of halogens is 1. The Labute approximate surface area is 179 Å². The van der Waals surface area contributed by atoms with E-state index in [1.54, 1.807) is 22.8 Å². The SMILES string of the molecule is C=C(Nc1ccccc1)Nc1c(C=N)nc(Nc2ccccc2F)n1-c1ccccc1. The molecule has 0 spiro atoms. The molecule has 4 rings (SSSR count). The number of imidazole rings is 1. The molecule has 0 aliphatic carbocycles. The summed E-state index contributed by atoms with van der Waals surface area (Å²) in [6.45, 7) is 4.04. The second kappa shape index (κ2) is 8.96. The third-order valence-electron chi connectivity index (χ3n) is 4.51. The van der Waals surface area contributed by atoms with E-state index in [-0.39, 0.29) is 5.69 Å². The van der Waals surface area contributed by atoms with Crippen molar-refractivity contribution in [1.82, 2.24) is 9.55 Å². The minimum Gasteiger partial charge on any atom is -0.342 e. The summed E-state index contributed by atoms with van der Waals surface area (Å²) < 4.78 is 16.0. The minimum absolute atomic E-state index is 0.286. The highest BCUT2D eigenvalue weighted by Crippen LogP contribution is 2.29. The van der Waals surface area contributed by atoms with E-state index in [2.05, 4.69) is 27.5 Å². The summed E-state index contributed by atoms with van der Waals surface area (Å²) in [5.41, 5.74) is 2.32. The highest BCUT2D eigenvalue weighted by atomic mass is 19.1. The van der Waals surface area contributed by atoms with Gasteiger partial charge in [0.25, 0.3) is 0 Å². The summed E-state index contributed by atoms with van der Waals surface area (Å²) in [4.78, 5) is 4.51. The van der Waals surface area contributed by atoms with E-state index in [0.29, 0.717) is 23.3 Å². The molecule has 0 amide bonds. The van der Waals surface area contributed by atoms with Gasteiger partial charge in [0.05, 0.1) is 11.4 Å². The van der Waals surface area contributed by atoms with Gasteiger partial charge in [-0.25, -0.2) is 9.37 Å². The van der Waals surface area contributed by atoms with Crippen LogP contribution in [0, 0.1) is 11.2 Å². The molecule has 1 heterocycles. The molecule has 0 unspecified atom stereocenters. The number of nitrogens with one attached hydrogen (secondary N) is 4. The summed E-state index contributed by atoms with van der Waals surface area (Å²) in [6.07, 6.45) is 1.14. The Morgan fingerprint density at radius 3 is 2.23 bits per heavy atom. The van der Waals surface area contributed by atoms with Gasteiger partial charge in [-0.3, -0.25) is 4.57 Å².